The highest BCUT2D eigenvalue weighted by atomic mass is 35.5. The molecule has 6 heterocycles. The molecule has 0 spiro atoms. The van der Waals surface area contributed by atoms with E-state index >= 15 is 4.39 Å². The first-order valence-corrected chi connectivity index (χ1v) is 21.5. The lowest BCUT2D eigenvalue weighted by Crippen LogP contribution is -2.41. The molecule has 0 bridgehead atoms. The van der Waals surface area contributed by atoms with E-state index in [1.807, 2.05) is 36.4 Å². The molecular weight excluding hydrogens is 860 g/mol. The van der Waals surface area contributed by atoms with Crippen LogP contribution in [0, 0.1) is 5.82 Å². The molecule has 322 valence electrons. The van der Waals surface area contributed by atoms with Crippen LogP contribution in [-0.2, 0) is 11.2 Å². The third-order valence-corrected chi connectivity index (χ3v) is 12.5. The Morgan fingerprint density at radius 1 is 0.766 bits per heavy atom. The molecule has 2 aliphatic rings. The Labute approximate surface area is 375 Å². The van der Waals surface area contributed by atoms with Crippen molar-refractivity contribution in [3.05, 3.63) is 130 Å². The van der Waals surface area contributed by atoms with Gasteiger partial charge in [0.15, 0.2) is 11.5 Å². The molecule has 0 saturated carbocycles. The third kappa shape index (κ3) is 7.35. The molecule has 0 unspecified atom stereocenters. The SMILES string of the molecule is COc1cccc2c(C(=O)N3CCC[C@H]3C(=O)Cc3ccc(-c4ncc(-c5ccc6nc([C@@H]7CCCN7C(=O)c7nc(Cl)cc8c(OC)cccc78)[nH]c6c5)o4)cc3F)nc(Cl)cc12. The smallest absolute Gasteiger partial charge is 0.273 e. The molecule has 8 aromatic rings. The first kappa shape index (κ1) is 41.1. The Hall–Kier alpha value is -6.90. The van der Waals surface area contributed by atoms with Gasteiger partial charge < -0.3 is 28.7 Å². The van der Waals surface area contributed by atoms with Gasteiger partial charge in [-0.3, -0.25) is 14.4 Å². The molecule has 64 heavy (non-hydrogen) atoms. The van der Waals surface area contributed by atoms with Gasteiger partial charge in [0.1, 0.15) is 44.8 Å². The molecule has 2 saturated heterocycles. The van der Waals surface area contributed by atoms with Crippen LogP contribution in [0.2, 0.25) is 10.3 Å². The molecule has 2 atom stereocenters. The number of oxazole rings is 1. The van der Waals surface area contributed by atoms with Gasteiger partial charge in [-0.2, -0.15) is 0 Å². The summed E-state index contributed by atoms with van der Waals surface area (Å²) in [6.07, 6.45) is 3.92. The summed E-state index contributed by atoms with van der Waals surface area (Å²) in [7, 11) is 3.10. The van der Waals surface area contributed by atoms with E-state index in [9.17, 15) is 14.4 Å². The molecule has 4 aromatic heterocycles. The normalized spacial score (nSPS) is 16.3. The van der Waals surface area contributed by atoms with Crippen LogP contribution < -0.4 is 9.47 Å². The zero-order valence-electron chi connectivity index (χ0n) is 34.5. The Morgan fingerprint density at radius 2 is 1.41 bits per heavy atom. The maximum Gasteiger partial charge on any atom is 0.273 e. The first-order chi connectivity index (χ1) is 31.1. The number of methoxy groups -OCH3 is 2. The zero-order chi connectivity index (χ0) is 44.2. The van der Waals surface area contributed by atoms with Crippen molar-refractivity contribution in [3.63, 3.8) is 0 Å². The second-order valence-corrected chi connectivity index (χ2v) is 16.6. The number of benzene rings is 4. The Kier molecular flexibility index (Phi) is 10.7. The van der Waals surface area contributed by atoms with Crippen molar-refractivity contribution < 1.29 is 32.7 Å². The van der Waals surface area contributed by atoms with E-state index in [2.05, 4.69) is 19.9 Å². The quantitative estimate of drug-likeness (QED) is 0.131. The minimum absolute atomic E-state index is 0.128. The lowest BCUT2D eigenvalue weighted by atomic mass is 10.00. The van der Waals surface area contributed by atoms with Gasteiger partial charge in [0.2, 0.25) is 5.89 Å². The van der Waals surface area contributed by atoms with Crippen molar-refractivity contribution >= 4 is 73.4 Å². The molecule has 1 N–H and O–H groups in total. The average molecular weight is 899 g/mol. The number of amides is 2. The van der Waals surface area contributed by atoms with Crippen molar-refractivity contribution in [2.45, 2.75) is 44.2 Å². The first-order valence-electron chi connectivity index (χ1n) is 20.7. The Balaban J connectivity index is 0.839. The monoisotopic (exact) mass is 897 g/mol. The van der Waals surface area contributed by atoms with Crippen molar-refractivity contribution in [1.29, 1.82) is 0 Å². The summed E-state index contributed by atoms with van der Waals surface area (Å²) >= 11 is 12.7. The number of nitrogens with one attached hydrogen (secondary N) is 1. The molecule has 16 heteroatoms. The van der Waals surface area contributed by atoms with E-state index in [1.54, 1.807) is 60.7 Å². The number of hydrogen-bond acceptors (Lipinski definition) is 10. The number of nitrogens with zero attached hydrogens (tertiary/aromatic N) is 6. The second kappa shape index (κ2) is 16.7. The maximum absolute atomic E-state index is 15.7. The molecule has 10 rings (SSSR count). The van der Waals surface area contributed by atoms with Gasteiger partial charge in [-0.05, 0) is 85.8 Å². The van der Waals surface area contributed by atoms with Crippen molar-refractivity contribution in [1.82, 2.24) is 34.7 Å². The molecule has 0 radical (unpaired) electrons. The lowest BCUT2D eigenvalue weighted by Gasteiger charge is -2.24. The van der Waals surface area contributed by atoms with Crippen LogP contribution in [0.3, 0.4) is 0 Å². The Bertz CT molecular complexity index is 3190. The highest BCUT2D eigenvalue weighted by Crippen LogP contribution is 2.37. The predicted octanol–water partition coefficient (Wildman–Crippen LogP) is 9.84. The van der Waals surface area contributed by atoms with E-state index < -0.39 is 17.8 Å². The van der Waals surface area contributed by atoms with Gasteiger partial charge >= 0.3 is 0 Å². The maximum atomic E-state index is 15.7. The standard InChI is InChI=1S/C48H38Cl2FN7O6/c1-62-38-11-3-7-28-30(38)22-41(49)55-43(28)47(60)57-17-5-9-35(57)37(59)21-25-13-14-27(19-32(25)51)46-52-24-40(64-46)26-15-16-33-34(20-26)54-45(53-33)36-10-6-18-58(36)48(61)44-29-8-4-12-39(63-2)31(29)23-42(50)56-44/h3-4,7-8,11-16,19-20,22-24,35-36H,5-6,9-10,17-18,21H2,1-2H3,(H,53,54)/t35-,36-/m0/s1. The Morgan fingerprint density at radius 3 is 2.08 bits per heavy atom. The minimum atomic E-state index is -0.748. The number of ether oxygens (including phenoxy) is 2. The van der Waals surface area contributed by atoms with Crippen LogP contribution in [0.1, 0.15) is 64.1 Å². The zero-order valence-corrected chi connectivity index (χ0v) is 36.0. The highest BCUT2D eigenvalue weighted by molar-refractivity contribution is 6.31. The predicted molar refractivity (Wildman–Crippen MR) is 239 cm³/mol. The summed E-state index contributed by atoms with van der Waals surface area (Å²) in [5.41, 5.74) is 3.12. The summed E-state index contributed by atoms with van der Waals surface area (Å²) < 4.78 is 32.9. The average Bonchev–Trinajstić information content (AvgIpc) is 4.15. The number of likely N-dealkylation sites (tertiary alicyclic amines) is 2. The van der Waals surface area contributed by atoms with Gasteiger partial charge in [0, 0.05) is 52.2 Å². The number of pyridine rings is 2. The number of hydrogen-bond donors (Lipinski definition) is 1. The summed E-state index contributed by atoms with van der Waals surface area (Å²) in [4.78, 5) is 66.5. The van der Waals surface area contributed by atoms with Crippen LogP contribution in [0.25, 0.3) is 55.4 Å². The molecule has 2 amide bonds. The fourth-order valence-corrected chi connectivity index (χ4v) is 9.43. The number of fused-ring (bicyclic) bond motifs is 3. The van der Waals surface area contributed by atoms with Crippen LogP contribution in [-0.4, -0.2) is 85.7 Å². The number of aromatic amines is 1. The number of carbonyl (C=O) groups is 3. The van der Waals surface area contributed by atoms with E-state index in [-0.39, 0.29) is 57.3 Å². The second-order valence-electron chi connectivity index (χ2n) is 15.8. The van der Waals surface area contributed by atoms with Crippen LogP contribution in [0.15, 0.2) is 95.5 Å². The molecule has 13 nitrogen and oxygen atoms in total. The van der Waals surface area contributed by atoms with Crippen LogP contribution >= 0.6 is 23.2 Å². The highest BCUT2D eigenvalue weighted by Gasteiger charge is 2.37. The number of H-pyrrole nitrogens is 1. The number of imidazole rings is 1. The lowest BCUT2D eigenvalue weighted by molar-refractivity contribution is -0.122. The van der Waals surface area contributed by atoms with E-state index in [1.165, 1.54) is 18.1 Å². The summed E-state index contributed by atoms with van der Waals surface area (Å²) in [6.45, 7) is 0.885. The summed E-state index contributed by atoms with van der Waals surface area (Å²) in [5.74, 6) is 0.895. The topological polar surface area (TPSA) is 157 Å². The summed E-state index contributed by atoms with van der Waals surface area (Å²) in [5, 5.41) is 2.88. The molecule has 2 fully saturated rings. The number of halogens is 3. The van der Waals surface area contributed by atoms with Gasteiger partial charge in [-0.25, -0.2) is 24.3 Å². The van der Waals surface area contributed by atoms with E-state index in [4.69, 9.17) is 42.1 Å². The van der Waals surface area contributed by atoms with Crippen LogP contribution in [0.5, 0.6) is 11.5 Å². The number of rotatable bonds is 10. The van der Waals surface area contributed by atoms with E-state index in [0.29, 0.717) is 93.6 Å². The summed E-state index contributed by atoms with van der Waals surface area (Å²) in [6, 6.07) is 23.2. The number of carbonyl (C=O) groups excluding carboxylic acids is 3. The molecule has 0 aliphatic carbocycles. The van der Waals surface area contributed by atoms with Gasteiger partial charge in [-0.1, -0.05) is 53.5 Å². The van der Waals surface area contributed by atoms with Gasteiger partial charge in [0.05, 0.1) is 43.5 Å². The number of aromatic nitrogens is 5. The number of Topliss-reactive ketones (excluding diaryl/α,β-unsaturated/α-hetero) is 1. The van der Waals surface area contributed by atoms with E-state index in [0.717, 1.165) is 11.9 Å². The largest absolute Gasteiger partial charge is 0.496 e. The third-order valence-electron chi connectivity index (χ3n) is 12.1. The number of ketones is 1. The van der Waals surface area contributed by atoms with Crippen molar-refractivity contribution in [2.75, 3.05) is 27.3 Å². The minimum Gasteiger partial charge on any atom is -0.496 e. The van der Waals surface area contributed by atoms with Gasteiger partial charge in [-0.15, -0.1) is 0 Å². The fourth-order valence-electron chi connectivity index (χ4n) is 9.04. The van der Waals surface area contributed by atoms with Crippen LogP contribution in [0.4, 0.5) is 4.39 Å². The van der Waals surface area contributed by atoms with Crippen molar-refractivity contribution in [2.24, 2.45) is 0 Å². The van der Waals surface area contributed by atoms with Crippen molar-refractivity contribution in [3.8, 4) is 34.3 Å². The fraction of sp³-hybridized carbons (Fsp3) is 0.229. The van der Waals surface area contributed by atoms with Gasteiger partial charge in [0.25, 0.3) is 11.8 Å². The molecule has 2 aliphatic heterocycles. The molecule has 4 aromatic carbocycles. The molecular formula is C48H38Cl2FN7O6.